The predicted molar refractivity (Wildman–Crippen MR) is 74.0 cm³/mol. The lowest BCUT2D eigenvalue weighted by atomic mass is 9.84. The summed E-state index contributed by atoms with van der Waals surface area (Å²) in [4.78, 5) is 9.56. The minimum atomic E-state index is 0.628. The van der Waals surface area contributed by atoms with Crippen LogP contribution in [0.5, 0.6) is 0 Å². The number of hydrogen-bond acceptors (Lipinski definition) is 3. The molecule has 3 nitrogen and oxygen atoms in total. The van der Waals surface area contributed by atoms with Crippen molar-refractivity contribution in [2.24, 2.45) is 0 Å². The van der Waals surface area contributed by atoms with Gasteiger partial charge in [0.2, 0.25) is 0 Å². The highest BCUT2D eigenvalue weighted by atomic mass is 15.0. The third-order valence-electron chi connectivity index (χ3n) is 4.36. The van der Waals surface area contributed by atoms with Crippen molar-refractivity contribution in [1.29, 1.82) is 0 Å². The Hall–Kier alpha value is -1.12. The third-order valence-corrected chi connectivity index (χ3v) is 4.36. The largest absolute Gasteiger partial charge is 0.370 e. The van der Waals surface area contributed by atoms with Gasteiger partial charge in [-0.15, -0.1) is 0 Å². The highest BCUT2D eigenvalue weighted by Gasteiger charge is 2.25. The second-order valence-corrected chi connectivity index (χ2v) is 5.68. The summed E-state index contributed by atoms with van der Waals surface area (Å²) in [5.41, 5.74) is 1.29. The summed E-state index contributed by atoms with van der Waals surface area (Å²) in [5, 5.41) is 3.36. The van der Waals surface area contributed by atoms with E-state index in [1.165, 1.54) is 50.6 Å². The molecule has 0 bridgehead atoms. The monoisotopic (exact) mass is 245 g/mol. The molecule has 3 rings (SSSR count). The van der Waals surface area contributed by atoms with Gasteiger partial charge in [0.25, 0.3) is 0 Å². The molecule has 1 aromatic rings. The van der Waals surface area contributed by atoms with Crippen LogP contribution in [0.15, 0.2) is 6.07 Å². The van der Waals surface area contributed by atoms with E-state index in [9.17, 15) is 0 Å². The van der Waals surface area contributed by atoms with Crippen molar-refractivity contribution in [3.8, 4) is 0 Å². The van der Waals surface area contributed by atoms with Gasteiger partial charge in [0.1, 0.15) is 11.6 Å². The van der Waals surface area contributed by atoms with E-state index < -0.39 is 0 Å². The first kappa shape index (κ1) is 11.9. The standard InChI is InChI=1S/C15H23N3/c1-2-16-14-10-13(11-6-3-4-7-11)17-15(18-14)12-8-5-9-12/h10-12H,2-9H2,1H3,(H,16,17,18). The Bertz CT molecular complexity index is 406. The Morgan fingerprint density at radius 2 is 1.78 bits per heavy atom. The fourth-order valence-electron chi connectivity index (χ4n) is 3.04. The lowest BCUT2D eigenvalue weighted by molar-refractivity contribution is 0.399. The molecule has 0 amide bonds. The molecule has 1 heterocycles. The molecule has 18 heavy (non-hydrogen) atoms. The average molecular weight is 245 g/mol. The van der Waals surface area contributed by atoms with Crippen LogP contribution in [0.2, 0.25) is 0 Å². The van der Waals surface area contributed by atoms with Crippen molar-refractivity contribution >= 4 is 5.82 Å². The molecule has 0 unspecified atom stereocenters. The number of nitrogens with zero attached hydrogens (tertiary/aromatic N) is 2. The Labute approximate surface area is 109 Å². The van der Waals surface area contributed by atoms with Gasteiger partial charge in [0.05, 0.1) is 0 Å². The van der Waals surface area contributed by atoms with Crippen LogP contribution in [0.1, 0.15) is 75.2 Å². The molecule has 1 aromatic heterocycles. The van der Waals surface area contributed by atoms with Gasteiger partial charge in [-0.2, -0.15) is 0 Å². The minimum Gasteiger partial charge on any atom is -0.370 e. The molecule has 98 valence electrons. The summed E-state index contributed by atoms with van der Waals surface area (Å²) in [6, 6.07) is 2.18. The van der Waals surface area contributed by atoms with Crippen LogP contribution in [-0.4, -0.2) is 16.5 Å². The number of aromatic nitrogens is 2. The average Bonchev–Trinajstić information content (AvgIpc) is 2.80. The van der Waals surface area contributed by atoms with Gasteiger partial charge in [-0.25, -0.2) is 9.97 Å². The van der Waals surface area contributed by atoms with Crippen molar-refractivity contribution in [3.05, 3.63) is 17.6 Å². The molecule has 2 saturated carbocycles. The fourth-order valence-corrected chi connectivity index (χ4v) is 3.04. The number of rotatable bonds is 4. The summed E-state index contributed by atoms with van der Waals surface area (Å²) < 4.78 is 0. The molecular formula is C15H23N3. The van der Waals surface area contributed by atoms with Crippen LogP contribution in [0.3, 0.4) is 0 Å². The van der Waals surface area contributed by atoms with Crippen molar-refractivity contribution in [2.45, 2.75) is 63.7 Å². The maximum Gasteiger partial charge on any atom is 0.134 e. The summed E-state index contributed by atoms with van der Waals surface area (Å²) in [7, 11) is 0. The Kier molecular flexibility index (Phi) is 3.48. The van der Waals surface area contributed by atoms with Crippen molar-refractivity contribution in [3.63, 3.8) is 0 Å². The second kappa shape index (κ2) is 5.25. The first-order valence-electron chi connectivity index (χ1n) is 7.49. The molecule has 0 saturated heterocycles. The van der Waals surface area contributed by atoms with Gasteiger partial charge < -0.3 is 5.32 Å². The van der Waals surface area contributed by atoms with Crippen LogP contribution >= 0.6 is 0 Å². The van der Waals surface area contributed by atoms with Gasteiger partial charge in [0.15, 0.2) is 0 Å². The van der Waals surface area contributed by atoms with Crippen molar-refractivity contribution in [2.75, 3.05) is 11.9 Å². The first-order chi connectivity index (χ1) is 8.86. The van der Waals surface area contributed by atoms with E-state index in [4.69, 9.17) is 9.97 Å². The maximum absolute atomic E-state index is 4.87. The lowest BCUT2D eigenvalue weighted by Gasteiger charge is -2.25. The zero-order valence-corrected chi connectivity index (χ0v) is 11.3. The molecule has 1 N–H and O–H groups in total. The molecule has 0 radical (unpaired) electrons. The number of anilines is 1. The Morgan fingerprint density at radius 3 is 2.39 bits per heavy atom. The predicted octanol–water partition coefficient (Wildman–Crippen LogP) is 3.83. The highest BCUT2D eigenvalue weighted by molar-refractivity contribution is 5.38. The SMILES string of the molecule is CCNc1cc(C2CCCC2)nc(C2CCC2)n1. The van der Waals surface area contributed by atoms with E-state index in [1.54, 1.807) is 0 Å². The van der Waals surface area contributed by atoms with E-state index in [0.717, 1.165) is 18.2 Å². The van der Waals surface area contributed by atoms with Crippen LogP contribution < -0.4 is 5.32 Å². The number of nitrogens with one attached hydrogen (secondary N) is 1. The van der Waals surface area contributed by atoms with Crippen LogP contribution in [0.25, 0.3) is 0 Å². The quantitative estimate of drug-likeness (QED) is 0.876. The van der Waals surface area contributed by atoms with Gasteiger partial charge in [0, 0.05) is 30.1 Å². The molecule has 0 atom stereocenters. The molecule has 0 aliphatic heterocycles. The normalized spacial score (nSPS) is 20.9. The first-order valence-corrected chi connectivity index (χ1v) is 7.49. The zero-order chi connectivity index (χ0) is 12.4. The zero-order valence-electron chi connectivity index (χ0n) is 11.3. The summed E-state index contributed by atoms with van der Waals surface area (Å²) in [6.45, 7) is 3.06. The maximum atomic E-state index is 4.87. The van der Waals surface area contributed by atoms with Crippen molar-refractivity contribution in [1.82, 2.24) is 9.97 Å². The van der Waals surface area contributed by atoms with Crippen molar-refractivity contribution < 1.29 is 0 Å². The third kappa shape index (κ3) is 2.36. The molecule has 0 aromatic carbocycles. The fraction of sp³-hybridized carbons (Fsp3) is 0.733. The molecular weight excluding hydrogens is 222 g/mol. The van der Waals surface area contributed by atoms with Crippen LogP contribution in [0.4, 0.5) is 5.82 Å². The van der Waals surface area contributed by atoms with Gasteiger partial charge in [-0.3, -0.25) is 0 Å². The molecule has 3 heteroatoms. The molecule has 2 fully saturated rings. The van der Waals surface area contributed by atoms with E-state index in [1.807, 2.05) is 0 Å². The molecule has 2 aliphatic rings. The topological polar surface area (TPSA) is 37.8 Å². The minimum absolute atomic E-state index is 0.628. The summed E-state index contributed by atoms with van der Waals surface area (Å²) >= 11 is 0. The van der Waals surface area contributed by atoms with E-state index >= 15 is 0 Å². The highest BCUT2D eigenvalue weighted by Crippen LogP contribution is 2.38. The molecule has 2 aliphatic carbocycles. The number of hydrogen-bond donors (Lipinski definition) is 1. The Morgan fingerprint density at radius 1 is 1.06 bits per heavy atom. The van der Waals surface area contributed by atoms with E-state index in [2.05, 4.69) is 18.3 Å². The van der Waals surface area contributed by atoms with Gasteiger partial charge >= 0.3 is 0 Å². The molecule has 0 spiro atoms. The van der Waals surface area contributed by atoms with Gasteiger partial charge in [-0.05, 0) is 32.6 Å². The second-order valence-electron chi connectivity index (χ2n) is 5.68. The van der Waals surface area contributed by atoms with Gasteiger partial charge in [-0.1, -0.05) is 19.3 Å². The Balaban J connectivity index is 1.88. The summed E-state index contributed by atoms with van der Waals surface area (Å²) in [5.74, 6) is 3.45. The smallest absolute Gasteiger partial charge is 0.134 e. The van der Waals surface area contributed by atoms with E-state index in [-0.39, 0.29) is 0 Å². The lowest BCUT2D eigenvalue weighted by Crippen LogP contribution is -2.16. The van der Waals surface area contributed by atoms with E-state index in [0.29, 0.717) is 11.8 Å². The van der Waals surface area contributed by atoms with Crippen LogP contribution in [-0.2, 0) is 0 Å². The summed E-state index contributed by atoms with van der Waals surface area (Å²) in [6.07, 6.45) is 9.25. The van der Waals surface area contributed by atoms with Crippen LogP contribution in [0, 0.1) is 0 Å².